The molecule has 0 aromatic heterocycles. The molecule has 1 atom stereocenters. The van der Waals surface area contributed by atoms with Crippen molar-refractivity contribution in [1.29, 1.82) is 0 Å². The Kier molecular flexibility index (Phi) is 3.64. The van der Waals surface area contributed by atoms with Crippen LogP contribution >= 0.6 is 0 Å². The van der Waals surface area contributed by atoms with Gasteiger partial charge in [-0.3, -0.25) is 0 Å². The molecule has 19 heavy (non-hydrogen) atoms. The Hall–Kier alpha value is -0.860. The zero-order valence-corrected chi connectivity index (χ0v) is 12.2. The van der Waals surface area contributed by atoms with Crippen molar-refractivity contribution >= 4 is 0 Å². The van der Waals surface area contributed by atoms with Crippen molar-refractivity contribution in [1.82, 2.24) is 5.32 Å². The molecular formula is C17H25NO. The lowest BCUT2D eigenvalue weighted by molar-refractivity contribution is 0.0155. The average molecular weight is 259 g/mol. The van der Waals surface area contributed by atoms with E-state index < -0.39 is 0 Å². The molecule has 1 saturated heterocycles. The van der Waals surface area contributed by atoms with Gasteiger partial charge in [-0.05, 0) is 37.8 Å². The van der Waals surface area contributed by atoms with Crippen LogP contribution in [0.5, 0.6) is 0 Å². The summed E-state index contributed by atoms with van der Waals surface area (Å²) in [5, 5.41) is 3.65. The molecule has 1 aliphatic heterocycles. The van der Waals surface area contributed by atoms with Crippen LogP contribution in [-0.4, -0.2) is 19.7 Å². The molecule has 1 saturated carbocycles. The molecule has 2 heteroatoms. The Morgan fingerprint density at radius 2 is 2.00 bits per heavy atom. The Bertz CT molecular complexity index is 449. The maximum absolute atomic E-state index is 6.28. The second kappa shape index (κ2) is 5.26. The molecule has 1 N–H and O–H groups in total. The molecule has 1 heterocycles. The Balaban J connectivity index is 1.75. The van der Waals surface area contributed by atoms with Crippen LogP contribution in [0, 0.1) is 19.3 Å². The smallest absolute Gasteiger partial charge is 0.0952 e. The van der Waals surface area contributed by atoms with Gasteiger partial charge in [-0.15, -0.1) is 0 Å². The number of rotatable bonds is 1. The van der Waals surface area contributed by atoms with Gasteiger partial charge >= 0.3 is 0 Å². The molecule has 1 aromatic carbocycles. The van der Waals surface area contributed by atoms with Crippen LogP contribution in [-0.2, 0) is 4.74 Å². The highest BCUT2D eigenvalue weighted by Gasteiger charge is 2.36. The maximum atomic E-state index is 6.28. The third kappa shape index (κ3) is 2.70. The molecule has 2 fully saturated rings. The van der Waals surface area contributed by atoms with Gasteiger partial charge in [0.2, 0.25) is 0 Å². The lowest BCUT2D eigenvalue weighted by atomic mass is 9.87. The first-order valence-corrected chi connectivity index (χ1v) is 7.58. The summed E-state index contributed by atoms with van der Waals surface area (Å²) in [6, 6.07) is 6.69. The summed E-state index contributed by atoms with van der Waals surface area (Å²) in [6.07, 6.45) is 5.64. The normalized spacial score (nSPS) is 26.5. The molecule has 0 bridgehead atoms. The molecule has 3 rings (SSSR count). The van der Waals surface area contributed by atoms with Crippen molar-refractivity contribution < 1.29 is 4.74 Å². The maximum Gasteiger partial charge on any atom is 0.0952 e. The molecule has 1 aromatic rings. The first kappa shape index (κ1) is 13.1. The van der Waals surface area contributed by atoms with Gasteiger partial charge in [0.25, 0.3) is 0 Å². The highest BCUT2D eigenvalue weighted by molar-refractivity contribution is 5.32. The Morgan fingerprint density at radius 1 is 1.21 bits per heavy atom. The summed E-state index contributed by atoms with van der Waals surface area (Å²) in [7, 11) is 0. The number of benzene rings is 1. The fourth-order valence-electron chi connectivity index (χ4n) is 3.69. The highest BCUT2D eigenvalue weighted by Crippen LogP contribution is 2.40. The van der Waals surface area contributed by atoms with Gasteiger partial charge in [-0.2, -0.15) is 0 Å². The Labute approximate surface area is 116 Å². The van der Waals surface area contributed by atoms with Crippen molar-refractivity contribution in [2.24, 2.45) is 5.41 Å². The van der Waals surface area contributed by atoms with Gasteiger partial charge in [0.15, 0.2) is 0 Å². The van der Waals surface area contributed by atoms with Gasteiger partial charge in [0.05, 0.1) is 12.7 Å². The predicted molar refractivity (Wildman–Crippen MR) is 78.4 cm³/mol. The molecule has 0 amide bonds. The van der Waals surface area contributed by atoms with Gasteiger partial charge < -0.3 is 10.1 Å². The zero-order chi connectivity index (χ0) is 13.3. The van der Waals surface area contributed by atoms with E-state index in [9.17, 15) is 0 Å². The van der Waals surface area contributed by atoms with Crippen LogP contribution in [0.2, 0.25) is 0 Å². The van der Waals surface area contributed by atoms with Crippen LogP contribution < -0.4 is 5.32 Å². The molecule has 2 aliphatic rings. The van der Waals surface area contributed by atoms with Crippen LogP contribution in [0.3, 0.4) is 0 Å². The minimum atomic E-state index is 0.223. The van der Waals surface area contributed by atoms with Crippen LogP contribution in [0.1, 0.15) is 48.5 Å². The topological polar surface area (TPSA) is 21.3 Å². The van der Waals surface area contributed by atoms with E-state index in [0.717, 1.165) is 19.7 Å². The van der Waals surface area contributed by atoms with Crippen LogP contribution in [0.25, 0.3) is 0 Å². The monoisotopic (exact) mass is 259 g/mol. The van der Waals surface area contributed by atoms with Crippen molar-refractivity contribution in [3.63, 3.8) is 0 Å². The first-order chi connectivity index (χ1) is 9.19. The van der Waals surface area contributed by atoms with E-state index in [4.69, 9.17) is 4.74 Å². The molecular weight excluding hydrogens is 234 g/mol. The van der Waals surface area contributed by atoms with Crippen molar-refractivity contribution in [3.8, 4) is 0 Å². The van der Waals surface area contributed by atoms with E-state index in [2.05, 4.69) is 37.4 Å². The minimum absolute atomic E-state index is 0.223. The summed E-state index contributed by atoms with van der Waals surface area (Å²) in [6.45, 7) is 7.36. The van der Waals surface area contributed by atoms with E-state index in [1.54, 1.807) is 0 Å². The van der Waals surface area contributed by atoms with Gasteiger partial charge in [0, 0.05) is 18.5 Å². The van der Waals surface area contributed by atoms with Crippen molar-refractivity contribution in [3.05, 3.63) is 34.9 Å². The van der Waals surface area contributed by atoms with E-state index in [1.165, 1.54) is 42.4 Å². The van der Waals surface area contributed by atoms with Gasteiger partial charge in [0.1, 0.15) is 0 Å². The third-order valence-corrected chi connectivity index (χ3v) is 4.86. The molecule has 1 unspecified atom stereocenters. The summed E-state index contributed by atoms with van der Waals surface area (Å²) >= 11 is 0. The van der Waals surface area contributed by atoms with Crippen molar-refractivity contribution in [2.75, 3.05) is 19.7 Å². The van der Waals surface area contributed by atoms with Crippen molar-refractivity contribution in [2.45, 2.75) is 45.6 Å². The number of hydrogen-bond acceptors (Lipinski definition) is 2. The quantitative estimate of drug-likeness (QED) is 0.833. The lowest BCUT2D eigenvalue weighted by Gasteiger charge is -2.26. The summed E-state index contributed by atoms with van der Waals surface area (Å²) in [5.74, 6) is 0. The zero-order valence-electron chi connectivity index (χ0n) is 12.2. The van der Waals surface area contributed by atoms with Crippen LogP contribution in [0.15, 0.2) is 18.2 Å². The largest absolute Gasteiger partial charge is 0.372 e. The van der Waals surface area contributed by atoms with E-state index in [-0.39, 0.29) is 6.10 Å². The second-order valence-corrected chi connectivity index (χ2v) is 6.50. The standard InChI is InChI=1S/C17H25NO/c1-13-5-6-15(14(2)9-13)16-10-18-11-17(12-19-16)7-3-4-8-17/h5-6,9,16,18H,3-4,7-8,10-12H2,1-2H3. The second-order valence-electron chi connectivity index (χ2n) is 6.50. The molecule has 104 valence electrons. The Morgan fingerprint density at radius 3 is 2.74 bits per heavy atom. The number of nitrogens with one attached hydrogen (secondary N) is 1. The molecule has 2 nitrogen and oxygen atoms in total. The fourth-order valence-corrected chi connectivity index (χ4v) is 3.69. The number of ether oxygens (including phenoxy) is 1. The minimum Gasteiger partial charge on any atom is -0.372 e. The molecule has 0 radical (unpaired) electrons. The van der Waals surface area contributed by atoms with Gasteiger partial charge in [-0.1, -0.05) is 36.6 Å². The van der Waals surface area contributed by atoms with Crippen LogP contribution in [0.4, 0.5) is 0 Å². The van der Waals surface area contributed by atoms with Gasteiger partial charge in [-0.25, -0.2) is 0 Å². The highest BCUT2D eigenvalue weighted by atomic mass is 16.5. The average Bonchev–Trinajstić information content (AvgIpc) is 2.73. The number of aryl methyl sites for hydroxylation is 2. The summed E-state index contributed by atoms with van der Waals surface area (Å²) < 4.78 is 6.28. The predicted octanol–water partition coefficient (Wildman–Crippen LogP) is 3.52. The number of hydrogen-bond donors (Lipinski definition) is 1. The van der Waals surface area contributed by atoms with E-state index in [1.807, 2.05) is 0 Å². The third-order valence-electron chi connectivity index (χ3n) is 4.86. The fraction of sp³-hybridized carbons (Fsp3) is 0.647. The SMILES string of the molecule is Cc1ccc(C2CNCC3(CCCC3)CO2)c(C)c1. The van der Waals surface area contributed by atoms with E-state index in [0.29, 0.717) is 5.41 Å². The lowest BCUT2D eigenvalue weighted by Crippen LogP contribution is -2.32. The summed E-state index contributed by atoms with van der Waals surface area (Å²) in [5.41, 5.74) is 4.46. The molecule has 1 spiro atoms. The molecule has 1 aliphatic carbocycles. The first-order valence-electron chi connectivity index (χ1n) is 7.58. The van der Waals surface area contributed by atoms with E-state index >= 15 is 0 Å². The summed E-state index contributed by atoms with van der Waals surface area (Å²) in [4.78, 5) is 0.